The summed E-state index contributed by atoms with van der Waals surface area (Å²) in [4.78, 5) is 46.6. The topological polar surface area (TPSA) is 98.9 Å². The number of carbonyl (C=O) groups is 1. The second kappa shape index (κ2) is 8.43. The smallest absolute Gasteiger partial charge is 0.325 e. The summed E-state index contributed by atoms with van der Waals surface area (Å²) in [6, 6.07) is 5.83. The average molecular weight is 428 g/mol. The zero-order chi connectivity index (χ0) is 22.2. The molecule has 0 aliphatic carbocycles. The summed E-state index contributed by atoms with van der Waals surface area (Å²) in [5.74, 6) is 0.382. The Morgan fingerprint density at radius 1 is 1.07 bits per heavy atom. The SMILES string of the molecule is Cc1cc(C)cc(NC(=O)CSc2nc(C(C)C)nc3c2c(=O)n(C)c(=O)n3C)c1. The molecule has 0 saturated carbocycles. The minimum absolute atomic E-state index is 0.00277. The van der Waals surface area contributed by atoms with Gasteiger partial charge < -0.3 is 5.32 Å². The molecule has 158 valence electrons. The van der Waals surface area contributed by atoms with E-state index < -0.39 is 11.2 Å². The molecule has 1 N–H and O–H groups in total. The summed E-state index contributed by atoms with van der Waals surface area (Å²) < 4.78 is 2.37. The Kier molecular flexibility index (Phi) is 6.12. The van der Waals surface area contributed by atoms with Gasteiger partial charge in [0.05, 0.1) is 5.75 Å². The zero-order valence-electron chi connectivity index (χ0n) is 17.9. The molecule has 0 aliphatic heterocycles. The lowest BCUT2D eigenvalue weighted by atomic mass is 10.1. The van der Waals surface area contributed by atoms with Gasteiger partial charge in [-0.05, 0) is 37.1 Å². The zero-order valence-corrected chi connectivity index (χ0v) is 18.8. The van der Waals surface area contributed by atoms with Crippen molar-refractivity contribution in [2.45, 2.75) is 38.6 Å². The maximum absolute atomic E-state index is 12.8. The standard InChI is InChI=1S/C21H25N5O3S/c1-11(2)17-23-18-16(20(28)26(6)21(29)25(18)5)19(24-17)30-10-15(27)22-14-8-12(3)7-13(4)9-14/h7-9,11H,10H2,1-6H3,(H,22,27). The highest BCUT2D eigenvalue weighted by Crippen LogP contribution is 2.25. The van der Waals surface area contributed by atoms with Crippen LogP contribution in [0.5, 0.6) is 0 Å². The largest absolute Gasteiger partial charge is 0.332 e. The van der Waals surface area contributed by atoms with Crippen molar-refractivity contribution in [2.75, 3.05) is 11.1 Å². The molecule has 0 unspecified atom stereocenters. The van der Waals surface area contributed by atoms with Gasteiger partial charge in [-0.25, -0.2) is 14.8 Å². The van der Waals surface area contributed by atoms with E-state index in [1.807, 2.05) is 45.9 Å². The summed E-state index contributed by atoms with van der Waals surface area (Å²) in [5, 5.41) is 3.53. The van der Waals surface area contributed by atoms with E-state index in [4.69, 9.17) is 0 Å². The van der Waals surface area contributed by atoms with Crippen LogP contribution in [0.4, 0.5) is 5.69 Å². The van der Waals surface area contributed by atoms with Crippen LogP contribution in [-0.2, 0) is 18.9 Å². The monoisotopic (exact) mass is 427 g/mol. The Bertz CT molecular complexity index is 1240. The van der Waals surface area contributed by atoms with E-state index in [2.05, 4.69) is 15.3 Å². The Balaban J connectivity index is 1.97. The average Bonchev–Trinajstić information content (AvgIpc) is 2.67. The second-order valence-corrected chi connectivity index (χ2v) is 8.62. The normalized spacial score (nSPS) is 11.3. The number of anilines is 1. The predicted molar refractivity (Wildman–Crippen MR) is 119 cm³/mol. The van der Waals surface area contributed by atoms with Gasteiger partial charge in [-0.3, -0.25) is 18.7 Å². The maximum atomic E-state index is 12.8. The molecule has 0 fully saturated rings. The first kappa shape index (κ1) is 21.8. The number of nitrogens with one attached hydrogen (secondary N) is 1. The molecule has 2 heterocycles. The first-order chi connectivity index (χ1) is 14.1. The first-order valence-corrected chi connectivity index (χ1v) is 10.6. The van der Waals surface area contributed by atoms with E-state index in [0.717, 1.165) is 33.1 Å². The van der Waals surface area contributed by atoms with E-state index in [-0.39, 0.29) is 28.6 Å². The van der Waals surface area contributed by atoms with Gasteiger partial charge in [0, 0.05) is 25.7 Å². The van der Waals surface area contributed by atoms with Gasteiger partial charge in [0.1, 0.15) is 16.2 Å². The summed E-state index contributed by atoms with van der Waals surface area (Å²) in [5.41, 5.74) is 2.20. The van der Waals surface area contributed by atoms with Crippen LogP contribution in [0.3, 0.4) is 0 Å². The fourth-order valence-corrected chi connectivity index (χ4v) is 4.01. The van der Waals surface area contributed by atoms with Crippen LogP contribution in [0, 0.1) is 13.8 Å². The number of fused-ring (bicyclic) bond motifs is 1. The molecule has 9 heteroatoms. The number of benzene rings is 1. The number of hydrogen-bond donors (Lipinski definition) is 1. The summed E-state index contributed by atoms with van der Waals surface area (Å²) in [7, 11) is 2.99. The van der Waals surface area contributed by atoms with Crippen molar-refractivity contribution in [1.82, 2.24) is 19.1 Å². The van der Waals surface area contributed by atoms with Crippen LogP contribution in [0.15, 0.2) is 32.8 Å². The van der Waals surface area contributed by atoms with Gasteiger partial charge in [-0.1, -0.05) is 31.7 Å². The van der Waals surface area contributed by atoms with E-state index in [1.165, 1.54) is 11.6 Å². The van der Waals surface area contributed by atoms with Crippen molar-refractivity contribution < 1.29 is 4.79 Å². The number of amides is 1. The molecule has 0 saturated heterocycles. The molecule has 0 atom stereocenters. The third-order valence-electron chi connectivity index (χ3n) is 4.65. The molecule has 3 rings (SSSR count). The highest BCUT2D eigenvalue weighted by atomic mass is 32.2. The first-order valence-electron chi connectivity index (χ1n) is 9.57. The van der Waals surface area contributed by atoms with Crippen molar-refractivity contribution in [3.8, 4) is 0 Å². The Morgan fingerprint density at radius 2 is 1.70 bits per heavy atom. The van der Waals surface area contributed by atoms with Crippen LogP contribution in [0.1, 0.15) is 36.7 Å². The molecule has 8 nitrogen and oxygen atoms in total. The maximum Gasteiger partial charge on any atom is 0.332 e. The molecular weight excluding hydrogens is 402 g/mol. The van der Waals surface area contributed by atoms with Gasteiger partial charge in [0.25, 0.3) is 5.56 Å². The number of nitrogens with zero attached hydrogens (tertiary/aromatic N) is 4. The van der Waals surface area contributed by atoms with Gasteiger partial charge in [0.15, 0.2) is 5.65 Å². The lowest BCUT2D eigenvalue weighted by Crippen LogP contribution is -2.38. The summed E-state index contributed by atoms with van der Waals surface area (Å²) >= 11 is 1.16. The van der Waals surface area contributed by atoms with E-state index >= 15 is 0 Å². The molecule has 2 aromatic heterocycles. The predicted octanol–water partition coefficient (Wildman–Crippen LogP) is 2.50. The quantitative estimate of drug-likeness (QED) is 0.496. The third kappa shape index (κ3) is 4.30. The summed E-state index contributed by atoms with van der Waals surface area (Å²) in [6.07, 6.45) is 0. The van der Waals surface area contributed by atoms with Gasteiger partial charge in [0.2, 0.25) is 5.91 Å². The van der Waals surface area contributed by atoms with Gasteiger partial charge in [-0.2, -0.15) is 0 Å². The lowest BCUT2D eigenvalue weighted by Gasteiger charge is -2.13. The van der Waals surface area contributed by atoms with Crippen molar-refractivity contribution in [3.63, 3.8) is 0 Å². The molecule has 0 aliphatic rings. The highest BCUT2D eigenvalue weighted by molar-refractivity contribution is 8.00. The van der Waals surface area contributed by atoms with Crippen LogP contribution in [-0.4, -0.2) is 30.8 Å². The van der Waals surface area contributed by atoms with Crippen LogP contribution < -0.4 is 16.6 Å². The minimum atomic E-state index is -0.472. The van der Waals surface area contributed by atoms with Crippen molar-refractivity contribution in [2.24, 2.45) is 14.1 Å². The number of thioether (sulfide) groups is 1. The lowest BCUT2D eigenvalue weighted by molar-refractivity contribution is -0.113. The van der Waals surface area contributed by atoms with Crippen molar-refractivity contribution in [1.29, 1.82) is 0 Å². The minimum Gasteiger partial charge on any atom is -0.325 e. The Labute approximate surface area is 178 Å². The molecule has 1 amide bonds. The van der Waals surface area contributed by atoms with Crippen LogP contribution in [0.25, 0.3) is 11.0 Å². The van der Waals surface area contributed by atoms with Crippen LogP contribution >= 0.6 is 11.8 Å². The molecular formula is C21H25N5O3S. The van der Waals surface area contributed by atoms with E-state index in [9.17, 15) is 14.4 Å². The van der Waals surface area contributed by atoms with E-state index in [1.54, 1.807) is 7.05 Å². The number of hydrogen-bond acceptors (Lipinski definition) is 6. The number of rotatable bonds is 5. The molecule has 1 aromatic carbocycles. The molecule has 0 bridgehead atoms. The van der Waals surface area contributed by atoms with Crippen molar-refractivity contribution >= 4 is 34.4 Å². The Hall–Kier alpha value is -2.94. The fraction of sp³-hybridized carbons (Fsp3) is 0.381. The number of aromatic nitrogens is 4. The molecule has 0 radical (unpaired) electrons. The number of aryl methyl sites for hydroxylation is 3. The summed E-state index contributed by atoms with van der Waals surface area (Å²) in [6.45, 7) is 7.80. The third-order valence-corrected chi connectivity index (χ3v) is 5.62. The molecule has 30 heavy (non-hydrogen) atoms. The van der Waals surface area contributed by atoms with Crippen molar-refractivity contribution in [3.05, 3.63) is 56.0 Å². The fourth-order valence-electron chi connectivity index (χ4n) is 3.19. The second-order valence-electron chi connectivity index (χ2n) is 7.66. The highest BCUT2D eigenvalue weighted by Gasteiger charge is 2.19. The van der Waals surface area contributed by atoms with Gasteiger partial charge in [-0.15, -0.1) is 0 Å². The van der Waals surface area contributed by atoms with Gasteiger partial charge >= 0.3 is 5.69 Å². The molecule has 3 aromatic rings. The van der Waals surface area contributed by atoms with Crippen LogP contribution in [0.2, 0.25) is 0 Å². The van der Waals surface area contributed by atoms with E-state index in [0.29, 0.717) is 10.9 Å². The Morgan fingerprint density at radius 3 is 2.30 bits per heavy atom. The molecule has 0 spiro atoms. The number of carbonyl (C=O) groups excluding carboxylic acids is 1.